The van der Waals surface area contributed by atoms with Gasteiger partial charge in [-0.1, -0.05) is 66.7 Å². The Balaban J connectivity index is 1.77. The highest BCUT2D eigenvalue weighted by Gasteiger charge is 2.49. The molecule has 0 radical (unpaired) electrons. The summed E-state index contributed by atoms with van der Waals surface area (Å²) in [4.78, 5) is 3.02. The first-order valence-corrected chi connectivity index (χ1v) is 13.9. The second kappa shape index (κ2) is 9.06. The molecule has 3 aromatic carbocycles. The summed E-state index contributed by atoms with van der Waals surface area (Å²) in [5.41, 5.74) is -1.49. The maximum absolute atomic E-state index is 13.2. The molecule has 5 rings (SSSR count). The third kappa shape index (κ3) is 4.21. The monoisotopic (exact) mass is 544 g/mol. The van der Waals surface area contributed by atoms with Gasteiger partial charge in [0.05, 0.1) is 0 Å². The van der Waals surface area contributed by atoms with Crippen molar-refractivity contribution >= 4 is 42.9 Å². The van der Waals surface area contributed by atoms with E-state index in [1.807, 2.05) is 68.4 Å². The molecule has 0 atom stereocenters. The van der Waals surface area contributed by atoms with Gasteiger partial charge in [-0.05, 0) is 37.1 Å². The largest absolute Gasteiger partial charge is 0.534 e. The molecule has 0 aliphatic rings. The van der Waals surface area contributed by atoms with E-state index in [1.54, 1.807) is 23.5 Å². The van der Waals surface area contributed by atoms with Gasteiger partial charge in [-0.2, -0.15) is 21.6 Å². The van der Waals surface area contributed by atoms with Crippen LogP contribution >= 0.6 is 22.7 Å². The van der Waals surface area contributed by atoms with Crippen LogP contribution in [0.5, 0.6) is 5.75 Å². The van der Waals surface area contributed by atoms with Gasteiger partial charge in [-0.25, -0.2) is 0 Å². The summed E-state index contributed by atoms with van der Waals surface area (Å²) in [6, 6.07) is 23.5. The zero-order chi connectivity index (χ0) is 25.7. The highest BCUT2D eigenvalue weighted by atomic mass is 32.2. The molecule has 36 heavy (non-hydrogen) atoms. The number of alkyl halides is 3. The molecule has 0 aliphatic carbocycles. The van der Waals surface area contributed by atoms with Crippen molar-refractivity contribution in [1.29, 1.82) is 0 Å². The van der Waals surface area contributed by atoms with Gasteiger partial charge in [-0.3, -0.25) is 0 Å². The molecule has 3 nitrogen and oxygen atoms in total. The summed E-state index contributed by atoms with van der Waals surface area (Å²) >= 11 is 3.17. The van der Waals surface area contributed by atoms with E-state index in [0.717, 1.165) is 41.4 Å². The lowest BCUT2D eigenvalue weighted by atomic mass is 9.96. The minimum Gasteiger partial charge on any atom is -0.375 e. The van der Waals surface area contributed by atoms with Crippen LogP contribution in [0.4, 0.5) is 13.2 Å². The van der Waals surface area contributed by atoms with Gasteiger partial charge in [-0.15, -0.1) is 22.7 Å². The summed E-state index contributed by atoms with van der Waals surface area (Å²) in [6.45, 7) is 4.05. The Morgan fingerprint density at radius 2 is 1.39 bits per heavy atom. The smallest absolute Gasteiger partial charge is 0.375 e. The lowest BCUT2D eigenvalue weighted by Crippen LogP contribution is -2.28. The van der Waals surface area contributed by atoms with Gasteiger partial charge in [0.1, 0.15) is 0 Å². The van der Waals surface area contributed by atoms with Crippen molar-refractivity contribution in [3.63, 3.8) is 0 Å². The number of aryl methyl sites for hydroxylation is 1. The topological polar surface area (TPSA) is 43.4 Å². The van der Waals surface area contributed by atoms with E-state index in [2.05, 4.69) is 4.18 Å². The fraction of sp³-hybridized carbons (Fsp3) is 0.111. The molecule has 2 aromatic heterocycles. The Kier molecular flexibility index (Phi) is 6.18. The fourth-order valence-electron chi connectivity index (χ4n) is 4.25. The van der Waals surface area contributed by atoms with Crippen molar-refractivity contribution in [2.75, 3.05) is 0 Å². The third-order valence-corrected chi connectivity index (χ3v) is 9.23. The highest BCUT2D eigenvalue weighted by molar-refractivity contribution is 7.88. The van der Waals surface area contributed by atoms with Crippen LogP contribution in [0.1, 0.15) is 10.4 Å². The quantitative estimate of drug-likeness (QED) is 0.164. The van der Waals surface area contributed by atoms with Crippen LogP contribution in [-0.4, -0.2) is 13.9 Å². The minimum absolute atomic E-state index is 0.282. The van der Waals surface area contributed by atoms with Crippen LogP contribution in [0.3, 0.4) is 0 Å². The Hall–Kier alpha value is -3.14. The molecule has 5 aromatic rings. The second-order valence-electron chi connectivity index (χ2n) is 8.14. The van der Waals surface area contributed by atoms with Gasteiger partial charge in [0.25, 0.3) is 0 Å². The lowest BCUT2D eigenvalue weighted by molar-refractivity contribution is -0.0499. The first-order valence-electron chi connectivity index (χ1n) is 10.9. The van der Waals surface area contributed by atoms with Crippen LogP contribution in [0.15, 0.2) is 78.9 Å². The summed E-state index contributed by atoms with van der Waals surface area (Å²) in [5, 5.41) is 0.809. The van der Waals surface area contributed by atoms with Crippen LogP contribution in [0.2, 0.25) is 0 Å². The molecule has 0 aliphatic heterocycles. The number of para-hydroxylation sites is 1. The van der Waals surface area contributed by atoms with Gasteiger partial charge < -0.3 is 4.18 Å². The normalized spacial score (nSPS) is 12.2. The van der Waals surface area contributed by atoms with E-state index in [0.29, 0.717) is 5.56 Å². The summed E-state index contributed by atoms with van der Waals surface area (Å²) in [6.07, 6.45) is 0. The van der Waals surface area contributed by atoms with E-state index < -0.39 is 15.6 Å². The molecule has 184 valence electrons. The standard InChI is InChI=1S/C27H19F3O3S3/c1-16-23(17(2)34-25(16)18-10-4-3-5-11-18)26-24(20-13-7-9-15-22(20)35-26)19-12-6-8-14-21(19)33-36(31,32)27(28,29)30/h3-15H,1-2H3. The number of hydrogen-bond acceptors (Lipinski definition) is 5. The van der Waals surface area contributed by atoms with Crippen molar-refractivity contribution in [3.8, 4) is 37.8 Å². The number of thiophene rings is 2. The van der Waals surface area contributed by atoms with Crippen molar-refractivity contribution in [3.05, 3.63) is 89.3 Å². The van der Waals surface area contributed by atoms with Crippen LogP contribution in [0, 0.1) is 13.8 Å². The first-order chi connectivity index (χ1) is 17.1. The van der Waals surface area contributed by atoms with E-state index in [1.165, 1.54) is 23.5 Å². The van der Waals surface area contributed by atoms with Crippen LogP contribution < -0.4 is 4.18 Å². The lowest BCUT2D eigenvalue weighted by Gasteiger charge is -2.14. The van der Waals surface area contributed by atoms with E-state index in [4.69, 9.17) is 0 Å². The van der Waals surface area contributed by atoms with Crippen LogP contribution in [-0.2, 0) is 10.1 Å². The van der Waals surface area contributed by atoms with Gasteiger partial charge in [0.2, 0.25) is 0 Å². The molecular formula is C27H19F3O3S3. The summed E-state index contributed by atoms with van der Waals surface area (Å²) < 4.78 is 68.8. The molecule has 9 heteroatoms. The molecule has 0 N–H and O–H groups in total. The average molecular weight is 545 g/mol. The average Bonchev–Trinajstić information content (AvgIpc) is 3.35. The van der Waals surface area contributed by atoms with E-state index in [9.17, 15) is 21.6 Å². The Labute approximate surface area is 214 Å². The summed E-state index contributed by atoms with van der Waals surface area (Å²) in [5.74, 6) is -0.367. The number of benzene rings is 3. The number of hydrogen-bond donors (Lipinski definition) is 0. The maximum atomic E-state index is 13.2. The predicted molar refractivity (Wildman–Crippen MR) is 141 cm³/mol. The molecule has 0 spiro atoms. The van der Waals surface area contributed by atoms with Gasteiger partial charge >= 0.3 is 15.6 Å². The van der Waals surface area contributed by atoms with Gasteiger partial charge in [0.15, 0.2) is 5.75 Å². The number of halogens is 3. The zero-order valence-electron chi connectivity index (χ0n) is 19.1. The minimum atomic E-state index is -5.84. The van der Waals surface area contributed by atoms with Gasteiger partial charge in [0, 0.05) is 41.4 Å². The third-order valence-electron chi connectivity index (χ3n) is 5.82. The Morgan fingerprint density at radius 1 is 0.750 bits per heavy atom. The molecule has 0 fully saturated rings. The Morgan fingerprint density at radius 3 is 2.11 bits per heavy atom. The molecule has 0 saturated heterocycles. The number of fused-ring (bicyclic) bond motifs is 1. The Bertz CT molecular complexity index is 1680. The number of rotatable bonds is 5. The fourth-order valence-corrected chi connectivity index (χ4v) is 7.34. The van der Waals surface area contributed by atoms with E-state index >= 15 is 0 Å². The molecule has 2 heterocycles. The molecule has 0 unspecified atom stereocenters. The van der Waals surface area contributed by atoms with Crippen molar-refractivity contribution in [2.45, 2.75) is 19.4 Å². The summed E-state index contributed by atoms with van der Waals surface area (Å²) in [7, 11) is -5.84. The first kappa shape index (κ1) is 24.5. The maximum Gasteiger partial charge on any atom is 0.534 e. The molecule has 0 saturated carbocycles. The molecular weight excluding hydrogens is 525 g/mol. The van der Waals surface area contributed by atoms with Crippen molar-refractivity contribution in [1.82, 2.24) is 0 Å². The highest BCUT2D eigenvalue weighted by Crippen LogP contribution is 2.52. The van der Waals surface area contributed by atoms with E-state index in [-0.39, 0.29) is 11.3 Å². The molecule has 0 amide bonds. The zero-order valence-corrected chi connectivity index (χ0v) is 21.5. The predicted octanol–water partition coefficient (Wildman–Crippen LogP) is 8.81. The van der Waals surface area contributed by atoms with Crippen molar-refractivity contribution < 1.29 is 25.8 Å². The van der Waals surface area contributed by atoms with Crippen LogP contribution in [0.25, 0.3) is 42.1 Å². The van der Waals surface area contributed by atoms with Crippen molar-refractivity contribution in [2.24, 2.45) is 0 Å². The molecule has 0 bridgehead atoms. The second-order valence-corrected chi connectivity index (χ2v) is 11.9. The SMILES string of the molecule is Cc1sc(-c2ccccc2)c(C)c1-c1sc2ccccc2c1-c1ccccc1OS(=O)(=O)C(F)(F)F.